The zero-order valence-electron chi connectivity index (χ0n) is 10.8. The summed E-state index contributed by atoms with van der Waals surface area (Å²) in [6.45, 7) is 6.98. The summed E-state index contributed by atoms with van der Waals surface area (Å²) in [7, 11) is 0. The molecule has 3 heteroatoms. The molecule has 0 saturated heterocycles. The van der Waals surface area contributed by atoms with Crippen molar-refractivity contribution in [3.05, 3.63) is 0 Å². The molecule has 0 aromatic rings. The van der Waals surface area contributed by atoms with Crippen LogP contribution in [0, 0.1) is 5.41 Å². The van der Waals surface area contributed by atoms with E-state index in [0.717, 1.165) is 32.1 Å². The number of carbonyl (C=O) groups is 1. The van der Waals surface area contributed by atoms with Gasteiger partial charge < -0.3 is 10.4 Å². The average Bonchev–Trinajstić information content (AvgIpc) is 2.09. The minimum Gasteiger partial charge on any atom is -0.388 e. The van der Waals surface area contributed by atoms with E-state index < -0.39 is 5.60 Å². The standard InChI is InChI=1S/C13H25NO2/c1-12(2,3)7-4-6-11(15)14-10-13(16)8-5-9-13/h16H,4-10H2,1-3H3,(H,14,15). The molecule has 0 unspecified atom stereocenters. The number of aliphatic hydroxyl groups is 1. The normalized spacial score (nSPS) is 19.0. The van der Waals surface area contributed by atoms with E-state index in [2.05, 4.69) is 26.1 Å². The lowest BCUT2D eigenvalue weighted by molar-refractivity contribution is -0.123. The fraction of sp³-hybridized carbons (Fsp3) is 0.923. The zero-order chi connectivity index (χ0) is 12.2. The molecule has 0 spiro atoms. The van der Waals surface area contributed by atoms with Gasteiger partial charge in [-0.3, -0.25) is 4.79 Å². The van der Waals surface area contributed by atoms with Crippen LogP contribution in [-0.4, -0.2) is 23.2 Å². The van der Waals surface area contributed by atoms with Crippen LogP contribution >= 0.6 is 0 Å². The summed E-state index contributed by atoms with van der Waals surface area (Å²) in [4.78, 5) is 11.5. The molecule has 16 heavy (non-hydrogen) atoms. The molecule has 0 heterocycles. The number of nitrogens with one attached hydrogen (secondary N) is 1. The Hall–Kier alpha value is -0.570. The van der Waals surface area contributed by atoms with Crippen LogP contribution in [0.3, 0.4) is 0 Å². The predicted octanol–water partition coefficient (Wildman–Crippen LogP) is 2.23. The Bertz CT molecular complexity index is 239. The fourth-order valence-corrected chi connectivity index (χ4v) is 1.89. The van der Waals surface area contributed by atoms with E-state index >= 15 is 0 Å². The molecular formula is C13H25NO2. The van der Waals surface area contributed by atoms with Crippen LogP contribution in [0.5, 0.6) is 0 Å². The van der Waals surface area contributed by atoms with Crippen molar-refractivity contribution in [3.63, 3.8) is 0 Å². The van der Waals surface area contributed by atoms with Crippen molar-refractivity contribution < 1.29 is 9.90 Å². The van der Waals surface area contributed by atoms with Gasteiger partial charge in [0.2, 0.25) is 5.91 Å². The first-order valence-electron chi connectivity index (χ1n) is 6.30. The first kappa shape index (κ1) is 13.5. The van der Waals surface area contributed by atoms with Crippen molar-refractivity contribution in [1.82, 2.24) is 5.32 Å². The minimum absolute atomic E-state index is 0.0737. The summed E-state index contributed by atoms with van der Waals surface area (Å²) in [6.07, 6.45) is 5.30. The molecule has 0 bridgehead atoms. The molecule has 0 aromatic heterocycles. The van der Waals surface area contributed by atoms with Gasteiger partial charge in [0.1, 0.15) is 0 Å². The maximum atomic E-state index is 11.5. The molecule has 0 radical (unpaired) electrons. The van der Waals surface area contributed by atoms with Gasteiger partial charge in [0.15, 0.2) is 0 Å². The van der Waals surface area contributed by atoms with Crippen molar-refractivity contribution in [2.45, 2.75) is 64.9 Å². The zero-order valence-corrected chi connectivity index (χ0v) is 10.8. The lowest BCUT2D eigenvalue weighted by atomic mass is 9.80. The van der Waals surface area contributed by atoms with Gasteiger partial charge in [-0.1, -0.05) is 20.8 Å². The van der Waals surface area contributed by atoms with Crippen molar-refractivity contribution in [2.24, 2.45) is 5.41 Å². The van der Waals surface area contributed by atoms with E-state index in [9.17, 15) is 9.90 Å². The van der Waals surface area contributed by atoms with E-state index in [1.807, 2.05) is 0 Å². The molecule has 1 aliphatic rings. The summed E-state index contributed by atoms with van der Waals surface area (Å²) >= 11 is 0. The number of rotatable bonds is 5. The molecule has 0 atom stereocenters. The van der Waals surface area contributed by atoms with Gasteiger partial charge in [-0.25, -0.2) is 0 Å². The van der Waals surface area contributed by atoms with Crippen molar-refractivity contribution in [3.8, 4) is 0 Å². The maximum absolute atomic E-state index is 11.5. The lowest BCUT2D eigenvalue weighted by Crippen LogP contribution is -2.47. The lowest BCUT2D eigenvalue weighted by Gasteiger charge is -2.36. The topological polar surface area (TPSA) is 49.3 Å². The van der Waals surface area contributed by atoms with Gasteiger partial charge in [0.25, 0.3) is 0 Å². The molecule has 1 aliphatic carbocycles. The van der Waals surface area contributed by atoms with Crippen LogP contribution in [0.1, 0.15) is 59.3 Å². The van der Waals surface area contributed by atoms with Crippen LogP contribution in [0.2, 0.25) is 0 Å². The highest BCUT2D eigenvalue weighted by molar-refractivity contribution is 5.75. The second-order valence-corrected chi connectivity index (χ2v) is 6.27. The maximum Gasteiger partial charge on any atom is 0.220 e. The third-order valence-corrected chi connectivity index (χ3v) is 3.23. The Kier molecular flexibility index (Phi) is 4.36. The van der Waals surface area contributed by atoms with E-state index in [-0.39, 0.29) is 5.91 Å². The average molecular weight is 227 g/mol. The van der Waals surface area contributed by atoms with Crippen molar-refractivity contribution >= 4 is 5.91 Å². The number of carbonyl (C=O) groups excluding carboxylic acids is 1. The van der Waals surface area contributed by atoms with Gasteiger partial charge in [0, 0.05) is 13.0 Å². The van der Waals surface area contributed by atoms with Gasteiger partial charge in [-0.15, -0.1) is 0 Å². The van der Waals surface area contributed by atoms with Crippen LogP contribution in [-0.2, 0) is 4.79 Å². The fourth-order valence-electron chi connectivity index (χ4n) is 1.89. The second-order valence-electron chi connectivity index (χ2n) is 6.27. The molecule has 1 fully saturated rings. The highest BCUT2D eigenvalue weighted by atomic mass is 16.3. The monoisotopic (exact) mass is 227 g/mol. The molecule has 3 nitrogen and oxygen atoms in total. The first-order chi connectivity index (χ1) is 7.31. The Balaban J connectivity index is 2.07. The molecular weight excluding hydrogens is 202 g/mol. The molecule has 0 aliphatic heterocycles. The number of hydrogen-bond acceptors (Lipinski definition) is 2. The van der Waals surface area contributed by atoms with Crippen molar-refractivity contribution in [1.29, 1.82) is 0 Å². The Labute approximate surface area is 98.6 Å². The van der Waals surface area contributed by atoms with Crippen LogP contribution in [0.25, 0.3) is 0 Å². The summed E-state index contributed by atoms with van der Waals surface area (Å²) in [5, 5.41) is 12.6. The number of hydrogen-bond donors (Lipinski definition) is 2. The molecule has 1 amide bonds. The largest absolute Gasteiger partial charge is 0.388 e. The third kappa shape index (κ3) is 4.97. The predicted molar refractivity (Wildman–Crippen MR) is 65.1 cm³/mol. The highest BCUT2D eigenvalue weighted by Crippen LogP contribution is 2.30. The SMILES string of the molecule is CC(C)(C)CCCC(=O)NCC1(O)CCC1. The van der Waals surface area contributed by atoms with Gasteiger partial charge in [-0.05, 0) is 37.5 Å². The van der Waals surface area contributed by atoms with Crippen LogP contribution in [0.15, 0.2) is 0 Å². The molecule has 1 rings (SSSR count). The quantitative estimate of drug-likeness (QED) is 0.756. The minimum atomic E-state index is -0.598. The van der Waals surface area contributed by atoms with Gasteiger partial charge in [0.05, 0.1) is 5.60 Å². The van der Waals surface area contributed by atoms with E-state index in [1.165, 1.54) is 0 Å². The molecule has 1 saturated carbocycles. The van der Waals surface area contributed by atoms with E-state index in [0.29, 0.717) is 18.4 Å². The smallest absolute Gasteiger partial charge is 0.220 e. The first-order valence-corrected chi connectivity index (χ1v) is 6.30. The highest BCUT2D eigenvalue weighted by Gasteiger charge is 2.34. The Morgan fingerprint density at radius 2 is 2.00 bits per heavy atom. The van der Waals surface area contributed by atoms with E-state index in [4.69, 9.17) is 0 Å². The summed E-state index contributed by atoms with van der Waals surface area (Å²) in [5.41, 5.74) is -0.299. The number of amides is 1. The Morgan fingerprint density at radius 1 is 1.38 bits per heavy atom. The third-order valence-electron chi connectivity index (χ3n) is 3.23. The van der Waals surface area contributed by atoms with Crippen molar-refractivity contribution in [2.75, 3.05) is 6.54 Å². The van der Waals surface area contributed by atoms with Crippen LogP contribution < -0.4 is 5.32 Å². The van der Waals surface area contributed by atoms with E-state index in [1.54, 1.807) is 0 Å². The summed E-state index contributed by atoms with van der Waals surface area (Å²) in [5.74, 6) is 0.0737. The molecule has 2 N–H and O–H groups in total. The van der Waals surface area contributed by atoms with Crippen LogP contribution in [0.4, 0.5) is 0 Å². The van der Waals surface area contributed by atoms with Gasteiger partial charge in [-0.2, -0.15) is 0 Å². The summed E-state index contributed by atoms with van der Waals surface area (Å²) in [6, 6.07) is 0. The summed E-state index contributed by atoms with van der Waals surface area (Å²) < 4.78 is 0. The van der Waals surface area contributed by atoms with Gasteiger partial charge >= 0.3 is 0 Å². The molecule has 94 valence electrons. The Morgan fingerprint density at radius 3 is 2.44 bits per heavy atom. The molecule has 0 aromatic carbocycles. The second kappa shape index (κ2) is 5.17.